The lowest BCUT2D eigenvalue weighted by molar-refractivity contribution is 0.0986. The van der Waals surface area contributed by atoms with E-state index in [1.54, 1.807) is 19.1 Å². The summed E-state index contributed by atoms with van der Waals surface area (Å²) in [7, 11) is 0. The van der Waals surface area contributed by atoms with Crippen molar-refractivity contribution in [2.24, 2.45) is 0 Å². The summed E-state index contributed by atoms with van der Waals surface area (Å²) in [5, 5.41) is 0. The van der Waals surface area contributed by atoms with Crippen LogP contribution in [0.4, 0.5) is 4.39 Å². The van der Waals surface area contributed by atoms with Crippen LogP contribution in [0.25, 0.3) is 0 Å². The second kappa shape index (κ2) is 7.77. The molecule has 0 saturated heterocycles. The molecule has 0 spiro atoms. The molecule has 3 aromatic rings. The predicted octanol–water partition coefficient (Wildman–Crippen LogP) is 3.49. The first-order valence-corrected chi connectivity index (χ1v) is 8.14. The average Bonchev–Trinajstić information content (AvgIpc) is 2.65. The van der Waals surface area contributed by atoms with Gasteiger partial charge in [0.2, 0.25) is 0 Å². The van der Waals surface area contributed by atoms with Crippen LogP contribution in [0.15, 0.2) is 43.0 Å². The van der Waals surface area contributed by atoms with Crippen molar-refractivity contribution in [2.45, 2.75) is 26.7 Å². The number of hydrogen-bond acceptors (Lipinski definition) is 6. The zero-order valence-corrected chi connectivity index (χ0v) is 14.4. The van der Waals surface area contributed by atoms with Crippen LogP contribution in [0.3, 0.4) is 0 Å². The molecule has 0 aromatic carbocycles. The molecule has 0 saturated carbocycles. The van der Waals surface area contributed by atoms with Gasteiger partial charge in [0.25, 0.3) is 0 Å². The molecule has 0 unspecified atom stereocenters. The number of halogens is 1. The van der Waals surface area contributed by atoms with Crippen molar-refractivity contribution < 1.29 is 13.9 Å². The molecule has 3 aromatic heterocycles. The van der Waals surface area contributed by atoms with Crippen molar-refractivity contribution in [3.05, 3.63) is 71.6 Å². The third kappa shape index (κ3) is 4.24. The molecular weight excluding hydrogens is 335 g/mol. The number of aromatic nitrogens is 4. The number of ether oxygens (including phenoxy) is 1. The van der Waals surface area contributed by atoms with Gasteiger partial charge in [0.1, 0.15) is 23.6 Å². The Bertz CT molecular complexity index is 932. The van der Waals surface area contributed by atoms with Crippen LogP contribution in [-0.2, 0) is 12.8 Å². The Balaban J connectivity index is 1.84. The molecule has 3 heterocycles. The Morgan fingerprint density at radius 3 is 2.54 bits per heavy atom. The van der Waals surface area contributed by atoms with Crippen molar-refractivity contribution in [2.75, 3.05) is 0 Å². The average molecular weight is 352 g/mol. The molecule has 0 aliphatic heterocycles. The van der Waals surface area contributed by atoms with E-state index in [9.17, 15) is 9.18 Å². The standard InChI is InChI=1S/C19H17FN4O2/c1-3-13-6-15(26-16-9-21-11-22-10-16)8-18(24-13)19(25)7-14-4-5-17(20)12(2)23-14/h4-6,8-11H,3,7H2,1-2H3. The van der Waals surface area contributed by atoms with Gasteiger partial charge >= 0.3 is 0 Å². The number of hydrogen-bond donors (Lipinski definition) is 0. The third-order valence-electron chi connectivity index (χ3n) is 3.69. The zero-order valence-electron chi connectivity index (χ0n) is 14.4. The minimum atomic E-state index is -0.395. The highest BCUT2D eigenvalue weighted by Gasteiger charge is 2.14. The zero-order chi connectivity index (χ0) is 18.5. The second-order valence-electron chi connectivity index (χ2n) is 5.68. The van der Waals surface area contributed by atoms with Crippen molar-refractivity contribution in [3.63, 3.8) is 0 Å². The van der Waals surface area contributed by atoms with Crippen LogP contribution in [0.2, 0.25) is 0 Å². The van der Waals surface area contributed by atoms with E-state index < -0.39 is 5.82 Å². The molecule has 0 atom stereocenters. The van der Waals surface area contributed by atoms with Gasteiger partial charge in [-0.1, -0.05) is 6.92 Å². The number of pyridine rings is 2. The predicted molar refractivity (Wildman–Crippen MR) is 92.7 cm³/mol. The summed E-state index contributed by atoms with van der Waals surface area (Å²) in [6, 6.07) is 6.16. The van der Waals surface area contributed by atoms with Crippen LogP contribution in [-0.4, -0.2) is 25.7 Å². The summed E-state index contributed by atoms with van der Waals surface area (Å²) in [5.74, 6) is 0.342. The molecule has 0 amide bonds. The summed E-state index contributed by atoms with van der Waals surface area (Å²) in [6.45, 7) is 3.50. The lowest BCUT2D eigenvalue weighted by atomic mass is 10.1. The minimum Gasteiger partial charge on any atom is -0.454 e. The molecule has 132 valence electrons. The van der Waals surface area contributed by atoms with Gasteiger partial charge < -0.3 is 4.74 Å². The highest BCUT2D eigenvalue weighted by atomic mass is 19.1. The highest BCUT2D eigenvalue weighted by molar-refractivity contribution is 5.95. The number of carbonyl (C=O) groups excluding carboxylic acids is 1. The van der Waals surface area contributed by atoms with Gasteiger partial charge in [-0.25, -0.2) is 19.3 Å². The SMILES string of the molecule is CCc1cc(Oc2cncnc2)cc(C(=O)Cc2ccc(F)c(C)n2)n1. The molecule has 0 aliphatic carbocycles. The number of aryl methyl sites for hydroxylation is 2. The summed E-state index contributed by atoms with van der Waals surface area (Å²) >= 11 is 0. The van der Waals surface area contributed by atoms with E-state index in [1.165, 1.54) is 30.9 Å². The van der Waals surface area contributed by atoms with E-state index in [-0.39, 0.29) is 23.6 Å². The Labute approximate surface area is 150 Å². The maximum absolute atomic E-state index is 13.3. The molecule has 0 radical (unpaired) electrons. The monoisotopic (exact) mass is 352 g/mol. The maximum Gasteiger partial charge on any atom is 0.187 e. The van der Waals surface area contributed by atoms with Crippen molar-refractivity contribution >= 4 is 5.78 Å². The van der Waals surface area contributed by atoms with Gasteiger partial charge in [-0.2, -0.15) is 0 Å². The minimum absolute atomic E-state index is 0.0369. The van der Waals surface area contributed by atoms with E-state index in [4.69, 9.17) is 4.74 Å². The van der Waals surface area contributed by atoms with Gasteiger partial charge in [-0.05, 0) is 25.5 Å². The number of ketones is 1. The van der Waals surface area contributed by atoms with E-state index in [0.717, 1.165) is 5.69 Å². The summed E-state index contributed by atoms with van der Waals surface area (Å²) < 4.78 is 19.0. The number of carbonyl (C=O) groups is 1. The van der Waals surface area contributed by atoms with Crippen LogP contribution >= 0.6 is 0 Å². The Hall–Kier alpha value is -3.22. The fraction of sp³-hybridized carbons (Fsp3) is 0.211. The van der Waals surface area contributed by atoms with E-state index in [2.05, 4.69) is 19.9 Å². The van der Waals surface area contributed by atoms with Crippen LogP contribution < -0.4 is 4.74 Å². The van der Waals surface area contributed by atoms with E-state index >= 15 is 0 Å². The summed E-state index contributed by atoms with van der Waals surface area (Å²) in [4.78, 5) is 28.9. The molecule has 0 fully saturated rings. The van der Waals surface area contributed by atoms with Crippen LogP contribution in [0.5, 0.6) is 11.5 Å². The first-order chi connectivity index (χ1) is 12.5. The molecule has 0 aliphatic rings. The Morgan fingerprint density at radius 2 is 1.85 bits per heavy atom. The lowest BCUT2D eigenvalue weighted by Crippen LogP contribution is -2.10. The van der Waals surface area contributed by atoms with Gasteiger partial charge in [0, 0.05) is 23.5 Å². The molecule has 6 nitrogen and oxygen atoms in total. The number of Topliss-reactive ketones (excluding diaryl/α,β-unsaturated/α-hetero) is 1. The fourth-order valence-corrected chi connectivity index (χ4v) is 2.37. The van der Waals surface area contributed by atoms with Gasteiger partial charge in [-0.3, -0.25) is 9.78 Å². The number of nitrogens with zero attached hydrogens (tertiary/aromatic N) is 4. The summed E-state index contributed by atoms with van der Waals surface area (Å²) in [5.41, 5.74) is 1.76. The van der Waals surface area contributed by atoms with E-state index in [1.807, 2.05) is 6.92 Å². The van der Waals surface area contributed by atoms with Gasteiger partial charge in [0.15, 0.2) is 11.5 Å². The molecule has 7 heteroatoms. The first-order valence-electron chi connectivity index (χ1n) is 8.14. The number of rotatable bonds is 6. The largest absolute Gasteiger partial charge is 0.454 e. The quantitative estimate of drug-likeness (QED) is 0.632. The molecule has 0 N–H and O–H groups in total. The van der Waals surface area contributed by atoms with Crippen molar-refractivity contribution in [1.29, 1.82) is 0 Å². The topological polar surface area (TPSA) is 77.9 Å². The summed E-state index contributed by atoms with van der Waals surface area (Å²) in [6.07, 6.45) is 5.16. The Kier molecular flexibility index (Phi) is 5.26. The van der Waals surface area contributed by atoms with E-state index in [0.29, 0.717) is 23.6 Å². The van der Waals surface area contributed by atoms with Crippen LogP contribution in [0, 0.1) is 12.7 Å². The van der Waals surface area contributed by atoms with Crippen molar-refractivity contribution in [3.8, 4) is 11.5 Å². The molecule has 26 heavy (non-hydrogen) atoms. The van der Waals surface area contributed by atoms with Crippen LogP contribution in [0.1, 0.15) is 34.5 Å². The lowest BCUT2D eigenvalue weighted by Gasteiger charge is -2.09. The first kappa shape index (κ1) is 17.6. The maximum atomic E-state index is 13.3. The highest BCUT2D eigenvalue weighted by Crippen LogP contribution is 2.22. The van der Waals surface area contributed by atoms with Gasteiger partial charge in [-0.15, -0.1) is 0 Å². The smallest absolute Gasteiger partial charge is 0.187 e. The van der Waals surface area contributed by atoms with Crippen molar-refractivity contribution in [1.82, 2.24) is 19.9 Å². The third-order valence-corrected chi connectivity index (χ3v) is 3.69. The molecule has 0 bridgehead atoms. The van der Waals surface area contributed by atoms with Gasteiger partial charge in [0.05, 0.1) is 24.5 Å². The fourth-order valence-electron chi connectivity index (χ4n) is 2.37. The molecular formula is C19H17FN4O2. The molecule has 3 rings (SSSR count). The second-order valence-corrected chi connectivity index (χ2v) is 5.68. The normalized spacial score (nSPS) is 10.6. The Morgan fingerprint density at radius 1 is 1.08 bits per heavy atom.